The third-order valence-electron chi connectivity index (χ3n) is 6.44. The van der Waals surface area contributed by atoms with Crippen molar-refractivity contribution in [1.29, 1.82) is 0 Å². The van der Waals surface area contributed by atoms with Crippen LogP contribution in [0.4, 0.5) is 0 Å². The van der Waals surface area contributed by atoms with Gasteiger partial charge in [0, 0.05) is 11.8 Å². The number of aliphatic hydroxyl groups excluding tert-OH is 2. The van der Waals surface area contributed by atoms with Gasteiger partial charge in [-0.2, -0.15) is 0 Å². The molecule has 3 heteroatoms. The Kier molecular flexibility index (Phi) is 6.07. The van der Waals surface area contributed by atoms with Gasteiger partial charge in [-0.1, -0.05) is 40.5 Å². The fraction of sp³-hybridized carbons (Fsp3) is 0.947. The summed E-state index contributed by atoms with van der Waals surface area (Å²) in [5, 5.41) is 20.7. The van der Waals surface area contributed by atoms with Gasteiger partial charge in [0.1, 0.15) is 5.78 Å². The van der Waals surface area contributed by atoms with E-state index in [0.29, 0.717) is 11.8 Å². The minimum absolute atomic E-state index is 0.0935. The van der Waals surface area contributed by atoms with Crippen molar-refractivity contribution in [2.24, 2.45) is 35.5 Å². The van der Waals surface area contributed by atoms with Gasteiger partial charge in [-0.15, -0.1) is 0 Å². The zero-order valence-corrected chi connectivity index (χ0v) is 14.7. The predicted molar refractivity (Wildman–Crippen MR) is 88.4 cm³/mol. The zero-order chi connectivity index (χ0) is 16.4. The van der Waals surface area contributed by atoms with E-state index in [1.165, 1.54) is 0 Å². The molecule has 3 nitrogen and oxygen atoms in total. The molecule has 2 fully saturated rings. The Morgan fingerprint density at radius 2 is 1.18 bits per heavy atom. The molecular weight excluding hydrogens is 276 g/mol. The molecule has 2 aliphatic rings. The summed E-state index contributed by atoms with van der Waals surface area (Å²) in [6, 6.07) is 0. The monoisotopic (exact) mass is 310 g/mol. The Balaban J connectivity index is 1.97. The molecule has 8 unspecified atom stereocenters. The van der Waals surface area contributed by atoms with Crippen LogP contribution in [0.5, 0.6) is 0 Å². The molecule has 0 radical (unpaired) electrons. The highest BCUT2D eigenvalue weighted by molar-refractivity contribution is 5.83. The lowest BCUT2D eigenvalue weighted by Gasteiger charge is -2.39. The molecular formula is C19H34O3. The Labute approximate surface area is 135 Å². The summed E-state index contributed by atoms with van der Waals surface area (Å²) in [6.45, 7) is 8.32. The van der Waals surface area contributed by atoms with Gasteiger partial charge in [0.25, 0.3) is 0 Å². The molecule has 0 aromatic rings. The van der Waals surface area contributed by atoms with Gasteiger partial charge in [-0.05, 0) is 49.4 Å². The van der Waals surface area contributed by atoms with E-state index in [4.69, 9.17) is 0 Å². The molecule has 0 heterocycles. The molecule has 2 N–H and O–H groups in total. The van der Waals surface area contributed by atoms with Crippen molar-refractivity contribution in [2.75, 3.05) is 0 Å². The average Bonchev–Trinajstić information content (AvgIpc) is 2.45. The van der Waals surface area contributed by atoms with E-state index in [0.717, 1.165) is 38.5 Å². The first-order valence-electron chi connectivity index (χ1n) is 9.21. The maximum absolute atomic E-state index is 12.9. The van der Waals surface area contributed by atoms with E-state index in [2.05, 4.69) is 13.8 Å². The van der Waals surface area contributed by atoms with E-state index in [9.17, 15) is 15.0 Å². The topological polar surface area (TPSA) is 57.5 Å². The van der Waals surface area contributed by atoms with Crippen LogP contribution in [0.25, 0.3) is 0 Å². The van der Waals surface area contributed by atoms with Gasteiger partial charge in [0.2, 0.25) is 0 Å². The lowest BCUT2D eigenvalue weighted by molar-refractivity contribution is -0.134. The van der Waals surface area contributed by atoms with Gasteiger partial charge < -0.3 is 10.2 Å². The Morgan fingerprint density at radius 1 is 0.818 bits per heavy atom. The van der Waals surface area contributed by atoms with E-state index >= 15 is 0 Å². The second-order valence-electron chi connectivity index (χ2n) is 8.28. The lowest BCUT2D eigenvalue weighted by atomic mass is 9.68. The number of rotatable bonds is 4. The number of Topliss-reactive ketones (excluding diaryl/α,β-unsaturated/α-hetero) is 1. The van der Waals surface area contributed by atoms with Crippen LogP contribution in [-0.4, -0.2) is 28.2 Å². The van der Waals surface area contributed by atoms with Gasteiger partial charge in [0.05, 0.1) is 12.2 Å². The molecule has 2 aliphatic carbocycles. The Hall–Kier alpha value is -0.410. The summed E-state index contributed by atoms with van der Waals surface area (Å²) in [7, 11) is 0. The number of aliphatic hydroxyl groups is 2. The van der Waals surface area contributed by atoms with Crippen LogP contribution in [-0.2, 0) is 4.79 Å². The van der Waals surface area contributed by atoms with Gasteiger partial charge in [-0.3, -0.25) is 4.79 Å². The number of ketones is 1. The average molecular weight is 310 g/mol. The van der Waals surface area contributed by atoms with E-state index < -0.39 is 0 Å². The van der Waals surface area contributed by atoms with Gasteiger partial charge in [0.15, 0.2) is 0 Å². The van der Waals surface area contributed by atoms with Crippen LogP contribution in [0.1, 0.15) is 66.2 Å². The van der Waals surface area contributed by atoms with Crippen molar-refractivity contribution in [3.05, 3.63) is 0 Å². The van der Waals surface area contributed by atoms with Crippen LogP contribution in [0.2, 0.25) is 0 Å². The van der Waals surface area contributed by atoms with E-state index in [1.807, 2.05) is 13.8 Å². The second kappa shape index (κ2) is 7.44. The SMILES string of the molecule is CC1CCC(C(C)C(=O)C(C)C2CCC(C)CC2O)C(O)C1. The van der Waals surface area contributed by atoms with Crippen molar-refractivity contribution in [1.82, 2.24) is 0 Å². The number of hydrogen-bond acceptors (Lipinski definition) is 3. The third kappa shape index (κ3) is 3.91. The predicted octanol–water partition coefficient (Wildman–Crippen LogP) is 3.42. The molecule has 0 aromatic carbocycles. The highest BCUT2D eigenvalue weighted by atomic mass is 16.3. The number of carbonyl (C=O) groups is 1. The van der Waals surface area contributed by atoms with Crippen molar-refractivity contribution in [3.63, 3.8) is 0 Å². The van der Waals surface area contributed by atoms with E-state index in [-0.39, 0.29) is 41.7 Å². The van der Waals surface area contributed by atoms with Crippen molar-refractivity contribution >= 4 is 5.78 Å². The fourth-order valence-corrected chi connectivity index (χ4v) is 4.75. The zero-order valence-electron chi connectivity index (χ0n) is 14.7. The maximum Gasteiger partial charge on any atom is 0.139 e. The highest BCUT2D eigenvalue weighted by Gasteiger charge is 2.40. The first kappa shape index (κ1) is 17.9. The summed E-state index contributed by atoms with van der Waals surface area (Å²) in [6.07, 6.45) is 5.07. The molecule has 2 saturated carbocycles. The summed E-state index contributed by atoms with van der Waals surface area (Å²) in [5.41, 5.74) is 0. The summed E-state index contributed by atoms with van der Waals surface area (Å²) >= 11 is 0. The van der Waals surface area contributed by atoms with Crippen LogP contribution < -0.4 is 0 Å². The molecule has 0 aromatic heterocycles. The smallest absolute Gasteiger partial charge is 0.139 e. The fourth-order valence-electron chi connectivity index (χ4n) is 4.75. The highest BCUT2D eigenvalue weighted by Crippen LogP contribution is 2.39. The lowest BCUT2D eigenvalue weighted by Crippen LogP contribution is -2.42. The molecule has 128 valence electrons. The largest absolute Gasteiger partial charge is 0.393 e. The molecule has 0 aliphatic heterocycles. The van der Waals surface area contributed by atoms with Crippen molar-refractivity contribution < 1.29 is 15.0 Å². The first-order valence-corrected chi connectivity index (χ1v) is 9.21. The van der Waals surface area contributed by atoms with Crippen LogP contribution >= 0.6 is 0 Å². The molecule has 0 saturated heterocycles. The standard InChI is InChI=1S/C19H34O3/c1-11-5-7-15(17(20)9-11)13(3)19(22)14(4)16-8-6-12(2)10-18(16)21/h11-18,20-21H,5-10H2,1-4H3. The Morgan fingerprint density at radius 3 is 1.50 bits per heavy atom. The van der Waals surface area contributed by atoms with Crippen LogP contribution in [0.15, 0.2) is 0 Å². The van der Waals surface area contributed by atoms with Crippen LogP contribution in [0.3, 0.4) is 0 Å². The van der Waals surface area contributed by atoms with Crippen molar-refractivity contribution in [3.8, 4) is 0 Å². The molecule has 22 heavy (non-hydrogen) atoms. The molecule has 0 amide bonds. The first-order chi connectivity index (χ1) is 10.3. The minimum atomic E-state index is -0.341. The normalized spacial score (nSPS) is 42.6. The molecule has 8 atom stereocenters. The summed E-state index contributed by atoms with van der Waals surface area (Å²) < 4.78 is 0. The maximum atomic E-state index is 12.9. The minimum Gasteiger partial charge on any atom is -0.393 e. The second-order valence-corrected chi connectivity index (χ2v) is 8.28. The van der Waals surface area contributed by atoms with Gasteiger partial charge >= 0.3 is 0 Å². The van der Waals surface area contributed by atoms with Crippen molar-refractivity contribution in [2.45, 2.75) is 78.4 Å². The third-order valence-corrected chi connectivity index (χ3v) is 6.44. The summed E-state index contributed by atoms with van der Waals surface area (Å²) in [5.74, 6) is 1.39. The van der Waals surface area contributed by atoms with Crippen LogP contribution in [0, 0.1) is 35.5 Å². The quantitative estimate of drug-likeness (QED) is 0.836. The number of hydrogen-bond donors (Lipinski definition) is 2. The van der Waals surface area contributed by atoms with E-state index in [1.54, 1.807) is 0 Å². The Bertz CT molecular complexity index is 347. The molecule has 0 spiro atoms. The van der Waals surface area contributed by atoms with Gasteiger partial charge in [-0.25, -0.2) is 0 Å². The number of carbonyl (C=O) groups excluding carboxylic acids is 1. The molecule has 0 bridgehead atoms. The molecule has 2 rings (SSSR count). The summed E-state index contributed by atoms with van der Waals surface area (Å²) in [4.78, 5) is 12.9.